The van der Waals surface area contributed by atoms with E-state index in [1.165, 1.54) is 11.8 Å². The number of thioether (sulfide) groups is 1. The molecule has 0 fully saturated rings. The fourth-order valence-electron chi connectivity index (χ4n) is 0.750. The minimum atomic E-state index is -0.449. The summed E-state index contributed by atoms with van der Waals surface area (Å²) in [5.74, 6) is -0.898. The molecule has 0 bridgehead atoms. The number of rotatable bonds is 3. The number of primary amides is 1. The second kappa shape index (κ2) is 5.01. The van der Waals surface area contributed by atoms with Gasteiger partial charge in [0, 0.05) is 0 Å². The van der Waals surface area contributed by atoms with Crippen LogP contribution in [0, 0.1) is 5.92 Å². The van der Waals surface area contributed by atoms with E-state index in [2.05, 4.69) is 5.16 Å². The Labute approximate surface area is 69.8 Å². The van der Waals surface area contributed by atoms with E-state index in [9.17, 15) is 4.79 Å². The first-order chi connectivity index (χ1) is 5.17. The SMILES string of the molecule is CCC(C(N)=O)C(=NO)SC. The van der Waals surface area contributed by atoms with E-state index in [1.807, 2.05) is 6.92 Å². The molecule has 0 aromatic carbocycles. The van der Waals surface area contributed by atoms with E-state index >= 15 is 0 Å². The maximum Gasteiger partial charge on any atom is 0.227 e. The van der Waals surface area contributed by atoms with E-state index in [0.29, 0.717) is 11.5 Å². The Morgan fingerprint density at radius 1 is 1.82 bits per heavy atom. The molecule has 0 aliphatic rings. The predicted octanol–water partition coefficient (Wildman–Crippen LogP) is 0.649. The molecular weight excluding hydrogens is 164 g/mol. The summed E-state index contributed by atoms with van der Waals surface area (Å²) in [5.41, 5.74) is 5.06. The van der Waals surface area contributed by atoms with Crippen LogP contribution in [0.5, 0.6) is 0 Å². The molecule has 0 saturated heterocycles. The van der Waals surface area contributed by atoms with E-state index in [0.717, 1.165) is 0 Å². The van der Waals surface area contributed by atoms with Gasteiger partial charge in [-0.2, -0.15) is 0 Å². The van der Waals surface area contributed by atoms with Gasteiger partial charge < -0.3 is 10.9 Å². The van der Waals surface area contributed by atoms with Crippen LogP contribution in [0.2, 0.25) is 0 Å². The van der Waals surface area contributed by atoms with Crippen molar-refractivity contribution in [3.8, 4) is 0 Å². The monoisotopic (exact) mass is 176 g/mol. The molecule has 0 aromatic heterocycles. The summed E-state index contributed by atoms with van der Waals surface area (Å²) in [5, 5.41) is 11.8. The van der Waals surface area contributed by atoms with Crippen LogP contribution >= 0.6 is 11.8 Å². The molecule has 0 saturated carbocycles. The van der Waals surface area contributed by atoms with Crippen LogP contribution in [-0.4, -0.2) is 22.4 Å². The van der Waals surface area contributed by atoms with Crippen molar-refractivity contribution in [3.63, 3.8) is 0 Å². The van der Waals surface area contributed by atoms with E-state index in [4.69, 9.17) is 10.9 Å². The Kier molecular flexibility index (Phi) is 4.69. The van der Waals surface area contributed by atoms with Crippen molar-refractivity contribution >= 4 is 22.7 Å². The molecule has 1 unspecified atom stereocenters. The van der Waals surface area contributed by atoms with E-state index in [1.54, 1.807) is 6.26 Å². The molecule has 1 amide bonds. The fraction of sp³-hybridized carbons (Fsp3) is 0.667. The minimum Gasteiger partial charge on any atom is -0.410 e. The number of hydrogen-bond donors (Lipinski definition) is 2. The lowest BCUT2D eigenvalue weighted by Gasteiger charge is -2.08. The molecule has 5 heteroatoms. The summed E-state index contributed by atoms with van der Waals surface area (Å²) in [6.45, 7) is 1.82. The van der Waals surface area contributed by atoms with Gasteiger partial charge in [-0.05, 0) is 12.7 Å². The van der Waals surface area contributed by atoms with Gasteiger partial charge in [0.25, 0.3) is 0 Å². The minimum absolute atomic E-state index is 0.375. The summed E-state index contributed by atoms with van der Waals surface area (Å²) in [7, 11) is 0. The molecule has 4 nitrogen and oxygen atoms in total. The molecule has 0 aliphatic heterocycles. The number of carbonyl (C=O) groups excluding carboxylic acids is 1. The van der Waals surface area contributed by atoms with Crippen molar-refractivity contribution in [2.24, 2.45) is 16.8 Å². The van der Waals surface area contributed by atoms with E-state index in [-0.39, 0.29) is 0 Å². The molecule has 0 radical (unpaired) electrons. The maximum absolute atomic E-state index is 10.7. The van der Waals surface area contributed by atoms with Gasteiger partial charge >= 0.3 is 0 Å². The Morgan fingerprint density at radius 2 is 2.36 bits per heavy atom. The van der Waals surface area contributed by atoms with Crippen LogP contribution in [-0.2, 0) is 4.79 Å². The normalized spacial score (nSPS) is 14.5. The largest absolute Gasteiger partial charge is 0.410 e. The predicted molar refractivity (Wildman–Crippen MR) is 45.7 cm³/mol. The number of hydrogen-bond acceptors (Lipinski definition) is 4. The van der Waals surface area contributed by atoms with Crippen molar-refractivity contribution in [2.75, 3.05) is 6.26 Å². The van der Waals surface area contributed by atoms with E-state index < -0.39 is 11.8 Å². The van der Waals surface area contributed by atoms with Gasteiger partial charge in [0.2, 0.25) is 5.91 Å². The zero-order chi connectivity index (χ0) is 8.85. The smallest absolute Gasteiger partial charge is 0.227 e. The molecule has 64 valence electrons. The average molecular weight is 176 g/mol. The molecule has 0 aliphatic carbocycles. The number of oxime groups is 1. The molecule has 0 heterocycles. The molecule has 3 N–H and O–H groups in total. The fourth-order valence-corrected chi connectivity index (χ4v) is 1.40. The molecule has 0 rings (SSSR count). The first-order valence-electron chi connectivity index (χ1n) is 3.22. The topological polar surface area (TPSA) is 75.7 Å². The highest BCUT2D eigenvalue weighted by molar-refractivity contribution is 8.13. The van der Waals surface area contributed by atoms with Crippen molar-refractivity contribution in [3.05, 3.63) is 0 Å². The number of carbonyl (C=O) groups is 1. The highest BCUT2D eigenvalue weighted by Gasteiger charge is 2.19. The first-order valence-corrected chi connectivity index (χ1v) is 4.45. The summed E-state index contributed by atoms with van der Waals surface area (Å²) in [6, 6.07) is 0. The van der Waals surface area contributed by atoms with Gasteiger partial charge in [-0.15, -0.1) is 11.8 Å². The van der Waals surface area contributed by atoms with Crippen molar-refractivity contribution in [1.29, 1.82) is 0 Å². The molecule has 0 spiro atoms. The number of nitrogens with two attached hydrogens (primary N) is 1. The lowest BCUT2D eigenvalue weighted by Crippen LogP contribution is -2.28. The van der Waals surface area contributed by atoms with Gasteiger partial charge in [-0.25, -0.2) is 0 Å². The average Bonchev–Trinajstić information content (AvgIpc) is 1.99. The lowest BCUT2D eigenvalue weighted by molar-refractivity contribution is -0.119. The summed E-state index contributed by atoms with van der Waals surface area (Å²) in [4.78, 5) is 10.7. The highest BCUT2D eigenvalue weighted by atomic mass is 32.2. The zero-order valence-electron chi connectivity index (χ0n) is 6.57. The third kappa shape index (κ3) is 2.80. The van der Waals surface area contributed by atoms with Crippen molar-refractivity contribution in [2.45, 2.75) is 13.3 Å². The molecule has 0 aromatic rings. The second-order valence-electron chi connectivity index (χ2n) is 2.01. The summed E-state index contributed by atoms with van der Waals surface area (Å²) >= 11 is 1.23. The first kappa shape index (κ1) is 10.3. The van der Waals surface area contributed by atoms with Gasteiger partial charge in [-0.3, -0.25) is 4.79 Å². The quantitative estimate of drug-likeness (QED) is 0.287. The number of amides is 1. The van der Waals surface area contributed by atoms with Gasteiger partial charge in [0.1, 0.15) is 5.04 Å². The molecular formula is C6H12N2O2S. The van der Waals surface area contributed by atoms with Crippen LogP contribution in [0.3, 0.4) is 0 Å². The Morgan fingerprint density at radius 3 is 2.45 bits per heavy atom. The third-order valence-corrected chi connectivity index (χ3v) is 2.14. The third-order valence-electron chi connectivity index (χ3n) is 1.36. The standard InChI is InChI=1S/C6H12N2O2S/c1-3-4(5(7)9)6(8-10)11-2/h4,10H,3H2,1-2H3,(H2,7,9). The van der Waals surface area contributed by atoms with Crippen LogP contribution in [0.15, 0.2) is 5.16 Å². The van der Waals surface area contributed by atoms with Crippen molar-refractivity contribution in [1.82, 2.24) is 0 Å². The van der Waals surface area contributed by atoms with Crippen molar-refractivity contribution < 1.29 is 10.0 Å². The highest BCUT2D eigenvalue weighted by Crippen LogP contribution is 2.13. The van der Waals surface area contributed by atoms with Gasteiger partial charge in [-0.1, -0.05) is 12.1 Å². The molecule has 1 atom stereocenters. The Hall–Kier alpha value is -0.710. The second-order valence-corrected chi connectivity index (χ2v) is 2.83. The van der Waals surface area contributed by atoms with Crippen LogP contribution < -0.4 is 5.73 Å². The summed E-state index contributed by atoms with van der Waals surface area (Å²) < 4.78 is 0. The van der Waals surface area contributed by atoms with Gasteiger partial charge in [0.05, 0.1) is 5.92 Å². The number of nitrogens with zero attached hydrogens (tertiary/aromatic N) is 1. The zero-order valence-corrected chi connectivity index (χ0v) is 7.39. The lowest BCUT2D eigenvalue weighted by atomic mass is 10.1. The Bertz CT molecular complexity index is 170. The summed E-state index contributed by atoms with van der Waals surface area (Å²) in [6.07, 6.45) is 2.30. The molecule has 11 heavy (non-hydrogen) atoms. The van der Waals surface area contributed by atoms with Gasteiger partial charge in [0.15, 0.2) is 0 Å². The van der Waals surface area contributed by atoms with Crippen LogP contribution in [0.4, 0.5) is 0 Å². The van der Waals surface area contributed by atoms with Crippen LogP contribution in [0.25, 0.3) is 0 Å². The Balaban J connectivity index is 4.35. The van der Waals surface area contributed by atoms with Crippen LogP contribution in [0.1, 0.15) is 13.3 Å². The maximum atomic E-state index is 10.7.